The molecule has 2 amide bonds. The lowest BCUT2D eigenvalue weighted by molar-refractivity contribution is -0.136. The van der Waals surface area contributed by atoms with Gasteiger partial charge in [-0.15, -0.1) is 0 Å². The average molecular weight is 568 g/mol. The van der Waals surface area contributed by atoms with Crippen molar-refractivity contribution < 1.29 is 9.59 Å². The Balaban J connectivity index is 1.09. The number of hydrogen-bond acceptors (Lipinski definition) is 9. The Morgan fingerprint density at radius 2 is 1.79 bits per heavy atom. The number of benzene rings is 1. The molecule has 216 valence electrons. The van der Waals surface area contributed by atoms with Crippen LogP contribution in [0.25, 0.3) is 11.1 Å². The van der Waals surface area contributed by atoms with Gasteiger partial charge < -0.3 is 15.1 Å². The summed E-state index contributed by atoms with van der Waals surface area (Å²) in [6, 6.07) is 8.75. The molecule has 13 nitrogen and oxygen atoms in total. The lowest BCUT2D eigenvalue weighted by Crippen LogP contribution is -2.48. The largest absolute Gasteiger partial charge is 0.351 e. The van der Waals surface area contributed by atoms with Gasteiger partial charge in [-0.25, -0.2) is 9.97 Å². The first-order chi connectivity index (χ1) is 20.5. The van der Waals surface area contributed by atoms with Crippen LogP contribution in [0.1, 0.15) is 28.2 Å². The highest BCUT2D eigenvalue weighted by molar-refractivity contribution is 5.79. The molecule has 7 rings (SSSR count). The van der Waals surface area contributed by atoms with E-state index in [2.05, 4.69) is 55.0 Å². The fraction of sp³-hybridized carbons (Fsp3) is 0.414. The molecule has 0 radical (unpaired) electrons. The zero-order valence-electron chi connectivity index (χ0n) is 23.5. The topological polar surface area (TPSA) is 141 Å². The molecule has 3 aromatic heterocycles. The van der Waals surface area contributed by atoms with E-state index in [0.29, 0.717) is 50.8 Å². The summed E-state index contributed by atoms with van der Waals surface area (Å²) in [4.78, 5) is 40.8. The number of fused-ring (bicyclic) bond motifs is 2. The van der Waals surface area contributed by atoms with Crippen molar-refractivity contribution in [1.29, 1.82) is 0 Å². The first kappa shape index (κ1) is 26.3. The van der Waals surface area contributed by atoms with E-state index in [-0.39, 0.29) is 24.4 Å². The number of H-pyrrole nitrogens is 1. The minimum absolute atomic E-state index is 0.0479. The normalized spacial score (nSPS) is 17.4. The Hall–Kier alpha value is -4.65. The first-order valence-electron chi connectivity index (χ1n) is 14.3. The molecule has 0 spiro atoms. The predicted octanol–water partition coefficient (Wildman–Crippen LogP) is 0.896. The van der Waals surface area contributed by atoms with Gasteiger partial charge >= 0.3 is 0 Å². The molecule has 42 heavy (non-hydrogen) atoms. The Labute approximate surface area is 242 Å². The standard InChI is InChI=1S/C29H33N11O2/c1-37-8-9-39(27(41)17-37)15-25-23(14-40(35-25)18-28(42)38-7-6-24-26(16-38)34-36-33-24)21-12-30-29(31-13-21)32-22-10-19-4-2-3-5-20(19)11-22/h2-5,12-14,22H,6-11,15-18H2,1H3,(H,30,31,32)(H,33,34,36). The molecule has 0 bridgehead atoms. The van der Waals surface area contributed by atoms with Crippen LogP contribution >= 0.6 is 0 Å². The summed E-state index contributed by atoms with van der Waals surface area (Å²) < 4.78 is 1.66. The number of nitrogens with zero attached hydrogens (tertiary/aromatic N) is 9. The van der Waals surface area contributed by atoms with Gasteiger partial charge in [-0.2, -0.15) is 20.5 Å². The summed E-state index contributed by atoms with van der Waals surface area (Å²) in [5.41, 5.74) is 6.76. The highest BCUT2D eigenvalue weighted by Gasteiger charge is 2.27. The summed E-state index contributed by atoms with van der Waals surface area (Å²) in [6.45, 7) is 3.25. The molecular weight excluding hydrogens is 534 g/mol. The van der Waals surface area contributed by atoms with Gasteiger partial charge in [0.1, 0.15) is 12.2 Å². The fourth-order valence-corrected chi connectivity index (χ4v) is 6.01. The highest BCUT2D eigenvalue weighted by atomic mass is 16.2. The maximum absolute atomic E-state index is 13.2. The summed E-state index contributed by atoms with van der Waals surface area (Å²) in [6.07, 6.45) is 7.99. The van der Waals surface area contributed by atoms with Gasteiger partial charge in [0.25, 0.3) is 0 Å². The van der Waals surface area contributed by atoms with E-state index in [1.807, 2.05) is 23.0 Å². The third-order valence-electron chi connectivity index (χ3n) is 8.35. The summed E-state index contributed by atoms with van der Waals surface area (Å²) in [7, 11) is 1.95. The van der Waals surface area contributed by atoms with Crippen LogP contribution in [0.4, 0.5) is 5.95 Å². The van der Waals surface area contributed by atoms with Crippen LogP contribution in [0.5, 0.6) is 0 Å². The minimum Gasteiger partial charge on any atom is -0.351 e. The highest BCUT2D eigenvalue weighted by Crippen LogP contribution is 2.27. The molecule has 2 N–H and O–H groups in total. The molecule has 0 saturated carbocycles. The molecule has 0 atom stereocenters. The van der Waals surface area contributed by atoms with Crippen molar-refractivity contribution in [3.8, 4) is 11.1 Å². The molecule has 13 heteroatoms. The average Bonchev–Trinajstić information content (AvgIpc) is 3.72. The Morgan fingerprint density at radius 1 is 1.02 bits per heavy atom. The molecule has 0 unspecified atom stereocenters. The van der Waals surface area contributed by atoms with Crippen molar-refractivity contribution >= 4 is 17.8 Å². The number of hydrogen-bond donors (Lipinski definition) is 2. The number of amides is 2. The third kappa shape index (κ3) is 5.34. The summed E-state index contributed by atoms with van der Waals surface area (Å²) >= 11 is 0. The number of anilines is 1. The van der Waals surface area contributed by atoms with Gasteiger partial charge in [0, 0.05) is 61.8 Å². The van der Waals surface area contributed by atoms with Crippen LogP contribution < -0.4 is 5.32 Å². The van der Waals surface area contributed by atoms with Gasteiger partial charge in [-0.3, -0.25) is 19.2 Å². The van der Waals surface area contributed by atoms with Crippen LogP contribution in [-0.2, 0) is 48.5 Å². The zero-order valence-corrected chi connectivity index (χ0v) is 23.5. The van der Waals surface area contributed by atoms with E-state index in [0.717, 1.165) is 41.9 Å². The van der Waals surface area contributed by atoms with Gasteiger partial charge in [0.05, 0.1) is 31.0 Å². The molecule has 1 aromatic carbocycles. The number of carbonyl (C=O) groups excluding carboxylic acids is 2. The van der Waals surface area contributed by atoms with Crippen molar-refractivity contribution in [1.82, 2.24) is 49.9 Å². The van der Waals surface area contributed by atoms with E-state index in [1.54, 1.807) is 22.0 Å². The molecular formula is C29H33N11O2. The van der Waals surface area contributed by atoms with E-state index in [4.69, 9.17) is 5.10 Å². The smallest absolute Gasteiger partial charge is 0.244 e. The van der Waals surface area contributed by atoms with Gasteiger partial charge in [0.15, 0.2) is 0 Å². The van der Waals surface area contributed by atoms with Crippen molar-refractivity contribution in [2.45, 2.75) is 44.9 Å². The Morgan fingerprint density at radius 3 is 2.55 bits per heavy atom. The van der Waals surface area contributed by atoms with E-state index >= 15 is 0 Å². The lowest BCUT2D eigenvalue weighted by atomic mass is 10.1. The Bertz CT molecular complexity index is 1590. The van der Waals surface area contributed by atoms with Crippen molar-refractivity contribution in [2.24, 2.45) is 0 Å². The molecule has 5 heterocycles. The minimum atomic E-state index is -0.0479. The molecule has 2 aliphatic heterocycles. The number of carbonyl (C=O) groups is 2. The molecule has 3 aliphatic rings. The predicted molar refractivity (Wildman–Crippen MR) is 153 cm³/mol. The van der Waals surface area contributed by atoms with Gasteiger partial charge in [-0.1, -0.05) is 24.3 Å². The van der Waals surface area contributed by atoms with Crippen LogP contribution in [0.2, 0.25) is 0 Å². The van der Waals surface area contributed by atoms with Crippen LogP contribution in [0, 0.1) is 0 Å². The number of aromatic amines is 1. The monoisotopic (exact) mass is 567 g/mol. The zero-order chi connectivity index (χ0) is 28.6. The lowest BCUT2D eigenvalue weighted by Gasteiger charge is -2.31. The van der Waals surface area contributed by atoms with Gasteiger partial charge in [-0.05, 0) is 31.0 Å². The second-order valence-electron chi connectivity index (χ2n) is 11.3. The molecule has 1 saturated heterocycles. The number of piperazine rings is 1. The van der Waals surface area contributed by atoms with Crippen LogP contribution in [-0.4, -0.2) is 101 Å². The fourth-order valence-electron chi connectivity index (χ4n) is 6.01. The molecule has 1 aliphatic carbocycles. The SMILES string of the molecule is CN1CCN(Cc2nn(CC(=O)N3CCc4n[nH]nc4C3)cc2-c2cnc(NC3Cc4ccccc4C3)nc2)C(=O)C1. The summed E-state index contributed by atoms with van der Waals surface area (Å²) in [5, 5.41) is 19.2. The Kier molecular flexibility index (Phi) is 6.86. The van der Waals surface area contributed by atoms with E-state index in [9.17, 15) is 9.59 Å². The van der Waals surface area contributed by atoms with Crippen LogP contribution in [0.3, 0.4) is 0 Å². The van der Waals surface area contributed by atoms with Gasteiger partial charge in [0.2, 0.25) is 17.8 Å². The number of rotatable bonds is 7. The molecule has 4 aromatic rings. The van der Waals surface area contributed by atoms with Crippen molar-refractivity contribution in [3.05, 3.63) is 71.1 Å². The first-order valence-corrected chi connectivity index (χ1v) is 14.3. The second kappa shape index (κ2) is 11.0. The maximum Gasteiger partial charge on any atom is 0.244 e. The number of aromatic nitrogens is 7. The number of nitrogens with one attached hydrogen (secondary N) is 2. The molecule has 1 fully saturated rings. The second-order valence-corrected chi connectivity index (χ2v) is 11.3. The number of likely N-dealkylation sites (N-methyl/N-ethyl adjacent to an activating group) is 1. The summed E-state index contributed by atoms with van der Waals surface area (Å²) in [5.74, 6) is 0.589. The maximum atomic E-state index is 13.2. The third-order valence-corrected chi connectivity index (χ3v) is 8.35. The quantitative estimate of drug-likeness (QED) is 0.333. The van der Waals surface area contributed by atoms with E-state index < -0.39 is 0 Å². The van der Waals surface area contributed by atoms with Crippen molar-refractivity contribution in [3.63, 3.8) is 0 Å². The van der Waals surface area contributed by atoms with Crippen LogP contribution in [0.15, 0.2) is 42.9 Å². The van der Waals surface area contributed by atoms with Crippen molar-refractivity contribution in [2.75, 3.05) is 38.5 Å². The van der Waals surface area contributed by atoms with E-state index in [1.165, 1.54) is 11.1 Å².